The highest BCUT2D eigenvalue weighted by molar-refractivity contribution is 4.91. The van der Waals surface area contributed by atoms with Gasteiger partial charge in [0, 0.05) is 31.5 Å². The number of nitrogens with one attached hydrogen (secondary N) is 1. The first-order chi connectivity index (χ1) is 8.47. The summed E-state index contributed by atoms with van der Waals surface area (Å²) in [6.07, 6.45) is 7.31. The largest absolute Gasteiger partial charge is 0.328 e. The predicted molar refractivity (Wildman–Crippen MR) is 73.9 cm³/mol. The summed E-state index contributed by atoms with van der Waals surface area (Å²) >= 11 is 0. The van der Waals surface area contributed by atoms with Crippen molar-refractivity contribution in [1.82, 2.24) is 14.5 Å². The zero-order valence-corrected chi connectivity index (χ0v) is 11.8. The minimum atomic E-state index is 0.148. The van der Waals surface area contributed by atoms with E-state index >= 15 is 0 Å². The average molecular weight is 251 g/mol. The first-order valence-electron chi connectivity index (χ1n) is 6.95. The molecular formula is C14H25N3O. The molecule has 1 fully saturated rings. The molecule has 18 heavy (non-hydrogen) atoms. The maximum absolute atomic E-state index is 12.0. The average Bonchev–Trinajstić information content (AvgIpc) is 3.03. The molecule has 2 rings (SSSR count). The molecule has 0 aliphatic heterocycles. The second kappa shape index (κ2) is 5.31. The standard InChI is InChI=1S/C14H25N3O/c1-14(2,3)6-7-15-8-9-16-10-11-17(13(16)18)12-4-5-12/h10-12,15H,4-9H2,1-3H3. The summed E-state index contributed by atoms with van der Waals surface area (Å²) in [6.45, 7) is 9.38. The van der Waals surface area contributed by atoms with E-state index in [1.807, 2.05) is 21.5 Å². The minimum absolute atomic E-state index is 0.148. The predicted octanol–water partition coefficient (Wildman–Crippen LogP) is 2.01. The van der Waals surface area contributed by atoms with E-state index in [1.165, 1.54) is 0 Å². The molecule has 4 nitrogen and oxygen atoms in total. The summed E-state index contributed by atoms with van der Waals surface area (Å²) in [5, 5.41) is 3.40. The normalized spacial score (nSPS) is 16.2. The summed E-state index contributed by atoms with van der Waals surface area (Å²) in [7, 11) is 0. The van der Waals surface area contributed by atoms with Crippen LogP contribution in [0.15, 0.2) is 17.2 Å². The SMILES string of the molecule is CC(C)(C)CCNCCn1ccn(C2CC2)c1=O. The lowest BCUT2D eigenvalue weighted by Gasteiger charge is -2.18. The Balaban J connectivity index is 1.72. The van der Waals surface area contributed by atoms with Gasteiger partial charge >= 0.3 is 5.69 Å². The number of aromatic nitrogens is 2. The molecule has 1 aliphatic rings. The molecule has 0 saturated heterocycles. The van der Waals surface area contributed by atoms with Crippen LogP contribution in [0.4, 0.5) is 0 Å². The van der Waals surface area contributed by atoms with E-state index in [2.05, 4.69) is 26.1 Å². The van der Waals surface area contributed by atoms with Crippen molar-refractivity contribution in [2.24, 2.45) is 5.41 Å². The smallest absolute Gasteiger partial charge is 0.315 e. The molecule has 1 N–H and O–H groups in total. The fourth-order valence-electron chi connectivity index (χ4n) is 2.02. The van der Waals surface area contributed by atoms with Gasteiger partial charge in [0.1, 0.15) is 0 Å². The van der Waals surface area contributed by atoms with E-state index in [0.717, 1.165) is 38.9 Å². The Bertz CT molecular complexity index is 435. The van der Waals surface area contributed by atoms with Crippen molar-refractivity contribution < 1.29 is 0 Å². The van der Waals surface area contributed by atoms with Crippen LogP contribution in [0.1, 0.15) is 46.1 Å². The Labute approximate surface area is 109 Å². The van der Waals surface area contributed by atoms with E-state index in [9.17, 15) is 4.79 Å². The maximum Gasteiger partial charge on any atom is 0.328 e. The highest BCUT2D eigenvalue weighted by Crippen LogP contribution is 2.33. The Morgan fingerprint density at radius 3 is 2.61 bits per heavy atom. The molecule has 0 aromatic carbocycles. The van der Waals surface area contributed by atoms with Gasteiger partial charge in [-0.15, -0.1) is 0 Å². The van der Waals surface area contributed by atoms with Gasteiger partial charge in [0.25, 0.3) is 0 Å². The number of hydrogen-bond acceptors (Lipinski definition) is 2. The van der Waals surface area contributed by atoms with E-state index in [4.69, 9.17) is 0 Å². The minimum Gasteiger partial charge on any atom is -0.315 e. The second-order valence-corrected chi connectivity index (χ2v) is 6.47. The number of imidazole rings is 1. The first-order valence-corrected chi connectivity index (χ1v) is 6.95. The molecule has 0 spiro atoms. The molecular weight excluding hydrogens is 226 g/mol. The van der Waals surface area contributed by atoms with Crippen LogP contribution in [-0.2, 0) is 6.54 Å². The monoisotopic (exact) mass is 251 g/mol. The molecule has 0 amide bonds. The summed E-state index contributed by atoms with van der Waals surface area (Å²) in [5.74, 6) is 0. The van der Waals surface area contributed by atoms with E-state index in [1.54, 1.807) is 0 Å². The van der Waals surface area contributed by atoms with Gasteiger partial charge in [0.15, 0.2) is 0 Å². The second-order valence-electron chi connectivity index (χ2n) is 6.47. The zero-order chi connectivity index (χ0) is 13.2. The highest BCUT2D eigenvalue weighted by Gasteiger charge is 2.25. The molecule has 0 unspecified atom stereocenters. The van der Waals surface area contributed by atoms with Gasteiger partial charge in [0.05, 0.1) is 0 Å². The van der Waals surface area contributed by atoms with E-state index < -0.39 is 0 Å². The van der Waals surface area contributed by atoms with Crippen molar-refractivity contribution in [3.8, 4) is 0 Å². The first kappa shape index (κ1) is 13.4. The van der Waals surface area contributed by atoms with Gasteiger partial charge in [0.2, 0.25) is 0 Å². The lowest BCUT2D eigenvalue weighted by Crippen LogP contribution is -2.29. The molecule has 102 valence electrons. The van der Waals surface area contributed by atoms with Crippen molar-refractivity contribution in [1.29, 1.82) is 0 Å². The van der Waals surface area contributed by atoms with E-state index in [0.29, 0.717) is 11.5 Å². The van der Waals surface area contributed by atoms with Gasteiger partial charge in [-0.3, -0.25) is 9.13 Å². The van der Waals surface area contributed by atoms with Crippen LogP contribution in [-0.4, -0.2) is 22.2 Å². The van der Waals surface area contributed by atoms with Gasteiger partial charge in [-0.1, -0.05) is 20.8 Å². The van der Waals surface area contributed by atoms with Crippen LogP contribution < -0.4 is 11.0 Å². The number of hydrogen-bond donors (Lipinski definition) is 1. The molecule has 1 heterocycles. The molecule has 4 heteroatoms. The van der Waals surface area contributed by atoms with Crippen molar-refractivity contribution >= 4 is 0 Å². The topological polar surface area (TPSA) is 39.0 Å². The molecule has 1 aromatic rings. The van der Waals surface area contributed by atoms with Crippen LogP contribution in [0, 0.1) is 5.41 Å². The van der Waals surface area contributed by atoms with E-state index in [-0.39, 0.29) is 5.69 Å². The van der Waals surface area contributed by atoms with Crippen LogP contribution in [0.2, 0.25) is 0 Å². The zero-order valence-electron chi connectivity index (χ0n) is 11.8. The van der Waals surface area contributed by atoms with Crippen molar-refractivity contribution in [2.75, 3.05) is 13.1 Å². The molecule has 1 aliphatic carbocycles. The van der Waals surface area contributed by atoms with Crippen molar-refractivity contribution in [2.45, 2.75) is 52.6 Å². The van der Waals surface area contributed by atoms with Crippen LogP contribution in [0.5, 0.6) is 0 Å². The fourth-order valence-corrected chi connectivity index (χ4v) is 2.02. The molecule has 0 radical (unpaired) electrons. The Morgan fingerprint density at radius 2 is 2.00 bits per heavy atom. The fraction of sp³-hybridized carbons (Fsp3) is 0.786. The Morgan fingerprint density at radius 1 is 1.28 bits per heavy atom. The lowest BCUT2D eigenvalue weighted by atomic mass is 9.92. The molecule has 0 bridgehead atoms. The Hall–Kier alpha value is -1.03. The third kappa shape index (κ3) is 3.73. The maximum atomic E-state index is 12.0. The summed E-state index contributed by atoms with van der Waals surface area (Å²) < 4.78 is 3.68. The van der Waals surface area contributed by atoms with Crippen LogP contribution in [0.25, 0.3) is 0 Å². The third-order valence-electron chi connectivity index (χ3n) is 3.40. The summed E-state index contributed by atoms with van der Waals surface area (Å²) in [5.41, 5.74) is 0.522. The van der Waals surface area contributed by atoms with Gasteiger partial charge in [-0.25, -0.2) is 4.79 Å². The van der Waals surface area contributed by atoms with Gasteiger partial charge in [-0.05, 0) is 31.2 Å². The summed E-state index contributed by atoms with van der Waals surface area (Å²) in [6, 6.07) is 0.479. The third-order valence-corrected chi connectivity index (χ3v) is 3.40. The summed E-state index contributed by atoms with van der Waals surface area (Å²) in [4.78, 5) is 12.0. The number of nitrogens with zero attached hydrogens (tertiary/aromatic N) is 2. The highest BCUT2D eigenvalue weighted by atomic mass is 16.1. The molecule has 1 aromatic heterocycles. The molecule has 0 atom stereocenters. The van der Waals surface area contributed by atoms with Gasteiger partial charge in [-0.2, -0.15) is 0 Å². The lowest BCUT2D eigenvalue weighted by molar-refractivity contribution is 0.365. The van der Waals surface area contributed by atoms with Crippen LogP contribution >= 0.6 is 0 Å². The van der Waals surface area contributed by atoms with Crippen LogP contribution in [0.3, 0.4) is 0 Å². The number of rotatable bonds is 6. The van der Waals surface area contributed by atoms with Crippen molar-refractivity contribution in [3.63, 3.8) is 0 Å². The quantitative estimate of drug-likeness (QED) is 0.786. The molecule has 1 saturated carbocycles. The Kier molecular flexibility index (Phi) is 3.95. The van der Waals surface area contributed by atoms with Gasteiger partial charge < -0.3 is 5.32 Å². The van der Waals surface area contributed by atoms with Crippen molar-refractivity contribution in [3.05, 3.63) is 22.9 Å².